The van der Waals surface area contributed by atoms with E-state index in [4.69, 9.17) is 4.74 Å². The van der Waals surface area contributed by atoms with E-state index in [2.05, 4.69) is 61.2 Å². The van der Waals surface area contributed by atoms with Crippen LogP contribution in [0.5, 0.6) is 5.75 Å². The molecule has 1 aromatic heterocycles. The molecule has 0 bridgehead atoms. The Hall–Kier alpha value is -2.40. The molecule has 156 valence electrons. The SMILES string of the molecule is C=NC(C)=N/C=C(\C)c1cc2c(C(C)O)cn(CC(C)(C)C)c2c2c1CCCO2. The molecule has 1 aliphatic rings. The predicted octanol–water partition coefficient (Wildman–Crippen LogP) is 5.55. The largest absolute Gasteiger partial charge is 0.491 e. The lowest BCUT2D eigenvalue weighted by Gasteiger charge is -2.25. The van der Waals surface area contributed by atoms with Crippen LogP contribution in [0, 0.1) is 5.41 Å². The Balaban J connectivity index is 2.30. The van der Waals surface area contributed by atoms with Gasteiger partial charge in [0.2, 0.25) is 0 Å². The van der Waals surface area contributed by atoms with Crippen LogP contribution in [-0.2, 0) is 13.0 Å². The number of hydrogen-bond acceptors (Lipinski definition) is 3. The molecule has 0 aliphatic carbocycles. The number of aliphatic hydroxyl groups is 1. The lowest BCUT2D eigenvalue weighted by molar-refractivity contribution is 0.200. The fourth-order valence-corrected chi connectivity index (χ4v) is 3.94. The molecular formula is C24H33N3O2. The van der Waals surface area contributed by atoms with Gasteiger partial charge in [-0.1, -0.05) is 20.8 Å². The van der Waals surface area contributed by atoms with E-state index in [1.165, 1.54) is 5.56 Å². The van der Waals surface area contributed by atoms with Crippen molar-refractivity contribution >= 4 is 29.0 Å². The first-order valence-electron chi connectivity index (χ1n) is 10.3. The van der Waals surface area contributed by atoms with Gasteiger partial charge in [0.25, 0.3) is 0 Å². The summed E-state index contributed by atoms with van der Waals surface area (Å²) in [7, 11) is 0. The van der Waals surface area contributed by atoms with Gasteiger partial charge in [0.15, 0.2) is 0 Å². The van der Waals surface area contributed by atoms with Crippen LogP contribution in [0.4, 0.5) is 0 Å². The van der Waals surface area contributed by atoms with Crippen LogP contribution in [-0.4, -0.2) is 28.8 Å². The standard InChI is InChI=1S/C24H33N3O2/c1-15(12-26-17(3)25-7)19-11-20-21(16(2)28)13-27(14-24(4,5)6)22(20)23-18(19)9-8-10-29-23/h11-13,16,28H,7-10,14H2,1-6H3/b15-12+,26-17?. The van der Waals surface area contributed by atoms with Gasteiger partial charge in [-0.15, -0.1) is 0 Å². The Labute approximate surface area is 173 Å². The number of fused-ring (bicyclic) bond motifs is 3. The quantitative estimate of drug-likeness (QED) is 0.545. The molecule has 0 amide bonds. The second-order valence-corrected chi connectivity index (χ2v) is 9.18. The van der Waals surface area contributed by atoms with Gasteiger partial charge in [-0.25, -0.2) is 9.98 Å². The normalized spacial score (nSPS) is 16.5. The fourth-order valence-electron chi connectivity index (χ4n) is 3.94. The number of allylic oxidation sites excluding steroid dienone is 1. The first-order valence-corrected chi connectivity index (χ1v) is 10.3. The van der Waals surface area contributed by atoms with Gasteiger partial charge in [0.1, 0.15) is 11.6 Å². The smallest absolute Gasteiger partial charge is 0.147 e. The Kier molecular flexibility index (Phi) is 5.99. The highest BCUT2D eigenvalue weighted by Gasteiger charge is 2.26. The molecule has 0 saturated heterocycles. The number of amidine groups is 1. The summed E-state index contributed by atoms with van der Waals surface area (Å²) in [5.41, 5.74) is 5.54. The number of aromatic nitrogens is 1. The molecule has 2 aromatic rings. The molecule has 5 nitrogen and oxygen atoms in total. The van der Waals surface area contributed by atoms with Crippen molar-refractivity contribution in [3.05, 3.63) is 35.2 Å². The lowest BCUT2D eigenvalue weighted by atomic mass is 9.92. The highest BCUT2D eigenvalue weighted by atomic mass is 16.5. The van der Waals surface area contributed by atoms with Crippen LogP contribution in [0.15, 0.2) is 28.4 Å². The summed E-state index contributed by atoms with van der Waals surface area (Å²) in [6.45, 7) is 17.5. The molecule has 1 N–H and O–H groups in total. The first-order chi connectivity index (χ1) is 13.6. The summed E-state index contributed by atoms with van der Waals surface area (Å²) in [4.78, 5) is 8.25. The van der Waals surface area contributed by atoms with E-state index < -0.39 is 6.10 Å². The topological polar surface area (TPSA) is 59.1 Å². The van der Waals surface area contributed by atoms with Gasteiger partial charge >= 0.3 is 0 Å². The van der Waals surface area contributed by atoms with E-state index in [0.29, 0.717) is 5.84 Å². The molecule has 1 atom stereocenters. The van der Waals surface area contributed by atoms with Crippen molar-refractivity contribution in [2.45, 2.75) is 67.0 Å². The van der Waals surface area contributed by atoms with Crippen LogP contribution >= 0.6 is 0 Å². The van der Waals surface area contributed by atoms with Crippen molar-refractivity contribution in [1.29, 1.82) is 0 Å². The third-order valence-electron chi connectivity index (χ3n) is 5.26. The minimum atomic E-state index is -0.553. The molecule has 2 heterocycles. The van der Waals surface area contributed by atoms with E-state index in [9.17, 15) is 5.11 Å². The predicted molar refractivity (Wildman–Crippen MR) is 122 cm³/mol. The highest BCUT2D eigenvalue weighted by Crippen LogP contribution is 2.42. The van der Waals surface area contributed by atoms with Gasteiger partial charge < -0.3 is 14.4 Å². The van der Waals surface area contributed by atoms with Crippen LogP contribution in [0.25, 0.3) is 16.5 Å². The number of nitrogens with zero attached hydrogens (tertiary/aromatic N) is 3. The van der Waals surface area contributed by atoms with Crippen molar-refractivity contribution in [3.63, 3.8) is 0 Å². The molecule has 3 rings (SSSR count). The number of ether oxygens (including phenoxy) is 1. The van der Waals surface area contributed by atoms with Gasteiger partial charge in [-0.3, -0.25) is 0 Å². The number of rotatable bonds is 4. The minimum absolute atomic E-state index is 0.113. The molecule has 1 aliphatic heterocycles. The number of aliphatic hydroxyl groups excluding tert-OH is 1. The first kappa shape index (κ1) is 21.3. The molecule has 29 heavy (non-hydrogen) atoms. The van der Waals surface area contributed by atoms with E-state index >= 15 is 0 Å². The van der Waals surface area contributed by atoms with E-state index in [0.717, 1.165) is 59.3 Å². The van der Waals surface area contributed by atoms with Crippen LogP contribution in [0.2, 0.25) is 0 Å². The molecule has 0 fully saturated rings. The summed E-state index contributed by atoms with van der Waals surface area (Å²) in [5.74, 6) is 1.59. The molecule has 5 heteroatoms. The molecule has 1 aromatic carbocycles. The number of aliphatic imine (C=N–C) groups is 2. The van der Waals surface area contributed by atoms with Crippen LogP contribution in [0.1, 0.15) is 70.8 Å². The summed E-state index contributed by atoms with van der Waals surface area (Å²) in [6.07, 6.45) is 5.35. The molecule has 0 spiro atoms. The fraction of sp³-hybridized carbons (Fsp3) is 0.500. The molecule has 1 unspecified atom stereocenters. The maximum atomic E-state index is 10.5. The van der Waals surface area contributed by atoms with Gasteiger partial charge in [0, 0.05) is 35.5 Å². The van der Waals surface area contributed by atoms with Gasteiger partial charge in [-0.2, -0.15) is 0 Å². The third-order valence-corrected chi connectivity index (χ3v) is 5.26. The van der Waals surface area contributed by atoms with Crippen molar-refractivity contribution in [2.24, 2.45) is 15.4 Å². The minimum Gasteiger partial charge on any atom is -0.491 e. The zero-order valence-corrected chi connectivity index (χ0v) is 18.5. The molecular weight excluding hydrogens is 362 g/mol. The third kappa shape index (κ3) is 4.45. The summed E-state index contributed by atoms with van der Waals surface area (Å²) >= 11 is 0. The number of hydrogen-bond donors (Lipinski definition) is 1. The zero-order valence-electron chi connectivity index (χ0n) is 18.5. The lowest BCUT2D eigenvalue weighted by Crippen LogP contribution is -2.16. The second-order valence-electron chi connectivity index (χ2n) is 9.18. The van der Waals surface area contributed by atoms with Crippen molar-refractivity contribution < 1.29 is 9.84 Å². The van der Waals surface area contributed by atoms with E-state index in [1.54, 1.807) is 0 Å². The summed E-state index contributed by atoms with van der Waals surface area (Å²) in [6, 6.07) is 2.20. The average Bonchev–Trinajstić information content (AvgIpc) is 3.02. The van der Waals surface area contributed by atoms with Crippen molar-refractivity contribution in [2.75, 3.05) is 6.61 Å². The zero-order chi connectivity index (χ0) is 21.3. The maximum absolute atomic E-state index is 10.5. The monoisotopic (exact) mass is 395 g/mol. The summed E-state index contributed by atoms with van der Waals surface area (Å²) < 4.78 is 8.49. The van der Waals surface area contributed by atoms with Gasteiger partial charge in [-0.05, 0) is 62.9 Å². The second kappa shape index (κ2) is 8.15. The average molecular weight is 396 g/mol. The van der Waals surface area contributed by atoms with Crippen LogP contribution < -0.4 is 4.74 Å². The van der Waals surface area contributed by atoms with Crippen molar-refractivity contribution in [1.82, 2.24) is 4.57 Å². The molecule has 0 saturated carbocycles. The van der Waals surface area contributed by atoms with Crippen molar-refractivity contribution in [3.8, 4) is 5.75 Å². The Morgan fingerprint density at radius 1 is 1.38 bits per heavy atom. The van der Waals surface area contributed by atoms with E-state index in [-0.39, 0.29) is 5.41 Å². The maximum Gasteiger partial charge on any atom is 0.147 e. The van der Waals surface area contributed by atoms with Gasteiger partial charge in [0.05, 0.1) is 18.2 Å². The molecule has 0 radical (unpaired) electrons. The van der Waals surface area contributed by atoms with Crippen LogP contribution in [0.3, 0.4) is 0 Å². The highest BCUT2D eigenvalue weighted by molar-refractivity contribution is 5.95. The van der Waals surface area contributed by atoms with E-state index in [1.807, 2.05) is 20.0 Å². The Morgan fingerprint density at radius 2 is 2.10 bits per heavy atom. The summed E-state index contributed by atoms with van der Waals surface area (Å²) in [5, 5.41) is 11.5. The Bertz CT molecular complexity index is 988. The number of benzene rings is 1. The Morgan fingerprint density at radius 3 is 2.72 bits per heavy atom.